The van der Waals surface area contributed by atoms with Crippen LogP contribution >= 0.6 is 0 Å². The van der Waals surface area contributed by atoms with E-state index >= 15 is 4.39 Å². The first kappa shape index (κ1) is 29.6. The number of carbonyl (C=O) groups excluding carboxylic acids is 1. The first-order valence-corrected chi connectivity index (χ1v) is 14.1. The molecule has 2 saturated heterocycles. The van der Waals surface area contributed by atoms with Crippen molar-refractivity contribution in [2.24, 2.45) is 5.92 Å². The number of alkyl halides is 6. The van der Waals surface area contributed by atoms with Gasteiger partial charge in [0.2, 0.25) is 11.8 Å². The molecule has 3 aromatic rings. The lowest BCUT2D eigenvalue weighted by Gasteiger charge is -2.46. The van der Waals surface area contributed by atoms with Crippen LogP contribution in [-0.2, 0) is 14.9 Å². The van der Waals surface area contributed by atoms with E-state index < -0.39 is 66.2 Å². The van der Waals surface area contributed by atoms with Crippen LogP contribution in [0.3, 0.4) is 0 Å². The summed E-state index contributed by atoms with van der Waals surface area (Å²) >= 11 is 0. The first-order valence-electron chi connectivity index (χ1n) is 14.1. The molecule has 1 atom stereocenters. The highest BCUT2D eigenvalue weighted by Crippen LogP contribution is 2.44. The fourth-order valence-corrected chi connectivity index (χ4v) is 6.36. The van der Waals surface area contributed by atoms with Gasteiger partial charge in [0, 0.05) is 31.6 Å². The maximum absolute atomic E-state index is 16.3. The van der Waals surface area contributed by atoms with E-state index in [4.69, 9.17) is 4.74 Å². The number of amides is 1. The SMILES string of the molecule is O=C(N1CC(F)(F)C1)C1(c2ccc3[nH]c([C@@H](Nc4ccc(C(F)F)nn4)C4CCC(F)(F)CC4)nc3c2F)CCOCC1. The molecular weight excluding hydrogens is 585 g/mol. The average Bonchev–Trinajstić information content (AvgIpc) is 3.40. The van der Waals surface area contributed by atoms with Crippen LogP contribution in [0.4, 0.5) is 36.6 Å². The van der Waals surface area contributed by atoms with Crippen molar-refractivity contribution in [2.75, 3.05) is 31.6 Å². The van der Waals surface area contributed by atoms with Crippen molar-refractivity contribution in [1.82, 2.24) is 25.1 Å². The fourth-order valence-electron chi connectivity index (χ4n) is 6.36. The minimum Gasteiger partial charge on any atom is -0.381 e. The third-order valence-corrected chi connectivity index (χ3v) is 8.75. The van der Waals surface area contributed by atoms with Crippen molar-refractivity contribution in [3.05, 3.63) is 47.2 Å². The van der Waals surface area contributed by atoms with E-state index in [1.165, 1.54) is 12.1 Å². The number of ether oxygens (including phenoxy) is 1. The summed E-state index contributed by atoms with van der Waals surface area (Å²) in [6.45, 7) is -1.19. The van der Waals surface area contributed by atoms with Crippen LogP contribution in [0.25, 0.3) is 11.0 Å². The summed E-state index contributed by atoms with van der Waals surface area (Å²) in [5.74, 6) is -7.28. The quantitative estimate of drug-likeness (QED) is 0.320. The zero-order valence-corrected chi connectivity index (χ0v) is 22.9. The average molecular weight is 615 g/mol. The van der Waals surface area contributed by atoms with Gasteiger partial charge in [-0.15, -0.1) is 10.2 Å². The Bertz CT molecular complexity index is 1470. The molecule has 1 aromatic carbocycles. The van der Waals surface area contributed by atoms with Crippen LogP contribution in [0.2, 0.25) is 0 Å². The molecule has 0 radical (unpaired) electrons. The van der Waals surface area contributed by atoms with E-state index in [1.54, 1.807) is 6.07 Å². The minimum absolute atomic E-state index is 0.0249. The maximum Gasteiger partial charge on any atom is 0.282 e. The first-order chi connectivity index (χ1) is 20.4. The number of hydrogen-bond acceptors (Lipinski definition) is 6. The predicted octanol–water partition coefficient (Wildman–Crippen LogP) is 5.93. The molecular formula is C28H29F7N6O2. The van der Waals surface area contributed by atoms with Crippen LogP contribution in [-0.4, -0.2) is 69.1 Å². The van der Waals surface area contributed by atoms with Gasteiger partial charge < -0.3 is 19.9 Å². The number of anilines is 1. The van der Waals surface area contributed by atoms with Gasteiger partial charge >= 0.3 is 0 Å². The number of hydrogen-bond donors (Lipinski definition) is 2. The largest absolute Gasteiger partial charge is 0.381 e. The van der Waals surface area contributed by atoms with E-state index in [-0.39, 0.29) is 80.0 Å². The molecule has 1 saturated carbocycles. The number of nitrogens with one attached hydrogen (secondary N) is 2. The second-order valence-electron chi connectivity index (χ2n) is 11.6. The Labute approximate surface area is 241 Å². The summed E-state index contributed by atoms with van der Waals surface area (Å²) in [5.41, 5.74) is -1.76. The highest BCUT2D eigenvalue weighted by atomic mass is 19.3. The molecule has 1 aliphatic carbocycles. The minimum atomic E-state index is -2.99. The Balaban J connectivity index is 1.36. The Morgan fingerprint density at radius 1 is 0.977 bits per heavy atom. The standard InChI is InChI=1S/C28H29F7N6O2/c29-20-16(26(9-11-43-12-10-26)25(42)41-13-28(34,35)14-41)1-2-17-22(20)38-24(36-17)21(15-5-7-27(32,33)8-6-15)37-19-4-3-18(23(30)31)39-40-19/h1-4,15,21,23H,5-14H2,(H,36,38)(H,37,40)/t21-/m0/s1. The molecule has 0 unspecified atom stereocenters. The van der Waals surface area contributed by atoms with Crippen molar-refractivity contribution in [2.45, 2.75) is 68.3 Å². The molecule has 232 valence electrons. The molecule has 43 heavy (non-hydrogen) atoms. The normalized spacial score (nSPS) is 22.4. The van der Waals surface area contributed by atoms with Gasteiger partial charge in [0.15, 0.2) is 5.82 Å². The number of carbonyl (C=O) groups is 1. The number of aromatic amines is 1. The second kappa shape index (κ2) is 10.9. The smallest absolute Gasteiger partial charge is 0.282 e. The topological polar surface area (TPSA) is 96.0 Å². The molecule has 3 fully saturated rings. The van der Waals surface area contributed by atoms with E-state index in [0.29, 0.717) is 0 Å². The Kier molecular flexibility index (Phi) is 7.50. The fraction of sp³-hybridized carbons (Fsp3) is 0.571. The van der Waals surface area contributed by atoms with Gasteiger partial charge in [-0.05, 0) is 49.8 Å². The van der Waals surface area contributed by atoms with Crippen molar-refractivity contribution < 1.29 is 40.3 Å². The third kappa shape index (κ3) is 5.63. The van der Waals surface area contributed by atoms with Crippen LogP contribution in [0.1, 0.15) is 68.1 Å². The van der Waals surface area contributed by atoms with Gasteiger partial charge in [0.25, 0.3) is 12.3 Å². The van der Waals surface area contributed by atoms with Crippen LogP contribution in [0.5, 0.6) is 0 Å². The van der Waals surface area contributed by atoms with Gasteiger partial charge in [-0.25, -0.2) is 35.7 Å². The van der Waals surface area contributed by atoms with Gasteiger partial charge in [-0.3, -0.25) is 4.79 Å². The zero-order valence-electron chi connectivity index (χ0n) is 22.9. The molecule has 4 heterocycles. The van der Waals surface area contributed by atoms with E-state index in [9.17, 15) is 31.1 Å². The number of fused-ring (bicyclic) bond motifs is 1. The second-order valence-corrected chi connectivity index (χ2v) is 11.6. The zero-order chi connectivity index (χ0) is 30.6. The van der Waals surface area contributed by atoms with Crippen LogP contribution < -0.4 is 5.32 Å². The molecule has 8 nitrogen and oxygen atoms in total. The molecule has 2 N–H and O–H groups in total. The van der Waals surface area contributed by atoms with Gasteiger partial charge in [0.05, 0.1) is 30.1 Å². The lowest BCUT2D eigenvalue weighted by molar-refractivity contribution is -0.174. The summed E-state index contributed by atoms with van der Waals surface area (Å²) < 4.78 is 103. The number of halogens is 7. The molecule has 15 heteroatoms. The van der Waals surface area contributed by atoms with Gasteiger partial charge in [-0.2, -0.15) is 0 Å². The van der Waals surface area contributed by atoms with Gasteiger partial charge in [-0.1, -0.05) is 6.07 Å². The van der Waals surface area contributed by atoms with Crippen molar-refractivity contribution in [3.8, 4) is 0 Å². The number of likely N-dealkylation sites (tertiary alicyclic amines) is 1. The van der Waals surface area contributed by atoms with Crippen molar-refractivity contribution in [1.29, 1.82) is 0 Å². The van der Waals surface area contributed by atoms with E-state index in [2.05, 4.69) is 25.5 Å². The maximum atomic E-state index is 16.3. The highest BCUT2D eigenvalue weighted by molar-refractivity contribution is 5.91. The van der Waals surface area contributed by atoms with E-state index in [0.717, 1.165) is 11.0 Å². The molecule has 6 rings (SSSR count). The molecule has 0 bridgehead atoms. The number of H-pyrrole nitrogens is 1. The summed E-state index contributed by atoms with van der Waals surface area (Å²) in [4.78, 5) is 22.1. The summed E-state index contributed by atoms with van der Waals surface area (Å²) in [7, 11) is 0. The number of rotatable bonds is 7. The van der Waals surface area contributed by atoms with Crippen molar-refractivity contribution in [3.63, 3.8) is 0 Å². The molecule has 2 aliphatic heterocycles. The summed E-state index contributed by atoms with van der Waals surface area (Å²) in [6, 6.07) is 4.59. The summed E-state index contributed by atoms with van der Waals surface area (Å²) in [5, 5.41) is 10.4. The van der Waals surface area contributed by atoms with Gasteiger partial charge in [0.1, 0.15) is 22.9 Å². The molecule has 1 amide bonds. The molecule has 3 aliphatic rings. The van der Waals surface area contributed by atoms with Crippen LogP contribution in [0, 0.1) is 11.7 Å². The van der Waals surface area contributed by atoms with Crippen LogP contribution in [0.15, 0.2) is 24.3 Å². The number of benzene rings is 1. The number of aromatic nitrogens is 4. The Morgan fingerprint density at radius 2 is 1.67 bits per heavy atom. The lowest BCUT2D eigenvalue weighted by atomic mass is 9.72. The third-order valence-electron chi connectivity index (χ3n) is 8.75. The summed E-state index contributed by atoms with van der Waals surface area (Å²) in [6.07, 6.45) is -3.15. The molecule has 2 aromatic heterocycles. The monoisotopic (exact) mass is 614 g/mol. The highest BCUT2D eigenvalue weighted by Gasteiger charge is 2.54. The number of nitrogens with zero attached hydrogens (tertiary/aromatic N) is 4. The van der Waals surface area contributed by atoms with Crippen molar-refractivity contribution >= 4 is 22.8 Å². The lowest BCUT2D eigenvalue weighted by Crippen LogP contribution is -2.63. The van der Waals surface area contributed by atoms with E-state index in [1.807, 2.05) is 0 Å². The Morgan fingerprint density at radius 3 is 2.28 bits per heavy atom. The number of imidazole rings is 1. The molecule has 0 spiro atoms. The predicted molar refractivity (Wildman–Crippen MR) is 140 cm³/mol. The Hall–Kier alpha value is -3.49.